The summed E-state index contributed by atoms with van der Waals surface area (Å²) in [5.74, 6) is 0. The van der Waals surface area contributed by atoms with E-state index in [1.165, 1.54) is 32.5 Å². The van der Waals surface area contributed by atoms with E-state index in [9.17, 15) is 0 Å². The maximum atomic E-state index is 3.55. The van der Waals surface area contributed by atoms with Crippen molar-refractivity contribution < 1.29 is 0 Å². The van der Waals surface area contributed by atoms with Crippen LogP contribution in [0, 0.1) is 0 Å². The zero-order chi connectivity index (χ0) is 6.32. The minimum absolute atomic E-state index is 0.569. The average Bonchev–Trinajstić information content (AvgIpc) is 2.49. The smallest absolute Gasteiger partial charge is 0.0318 e. The Bertz CT molecular complexity index is 122. The third kappa shape index (κ3) is 1.23. The van der Waals surface area contributed by atoms with E-state index in [0.717, 1.165) is 0 Å². The average molecular weight is 238 g/mol. The van der Waals surface area contributed by atoms with Crippen molar-refractivity contribution >= 4 is 22.9 Å². The lowest BCUT2D eigenvalue weighted by atomic mass is 10.2. The molecular weight excluding hydrogens is 227 g/mol. The quantitative estimate of drug-likeness (QED) is 0.495. The van der Waals surface area contributed by atoms with Crippen molar-refractivity contribution in [2.24, 2.45) is 0 Å². The molecule has 1 saturated heterocycles. The van der Waals surface area contributed by atoms with Crippen molar-refractivity contribution in [2.75, 3.05) is 19.6 Å². The predicted molar refractivity (Wildman–Crippen MR) is 45.6 cm³/mol. The summed E-state index contributed by atoms with van der Waals surface area (Å²) in [6.07, 6.45) is 2.79. The molecule has 0 radical (unpaired) electrons. The molecule has 0 unspecified atom stereocenters. The van der Waals surface area contributed by atoms with E-state index in [1.807, 2.05) is 0 Å². The van der Waals surface area contributed by atoms with Gasteiger partial charge in [-0.25, -0.2) is 3.11 Å². The minimum atomic E-state index is 0.569. The first-order valence-electron chi connectivity index (χ1n) is 3.47. The van der Waals surface area contributed by atoms with Gasteiger partial charge < -0.3 is 5.32 Å². The van der Waals surface area contributed by atoms with Crippen molar-refractivity contribution in [1.82, 2.24) is 8.43 Å². The van der Waals surface area contributed by atoms with Crippen molar-refractivity contribution in [1.29, 1.82) is 0 Å². The Morgan fingerprint density at radius 2 is 2.22 bits per heavy atom. The maximum Gasteiger partial charge on any atom is 0.0318 e. The highest BCUT2D eigenvalue weighted by atomic mass is 127. The summed E-state index contributed by atoms with van der Waals surface area (Å²) in [5.41, 5.74) is 0.569. The normalized spacial score (nSPS) is 33.0. The highest BCUT2D eigenvalue weighted by Gasteiger charge is 2.44. The third-order valence-corrected chi connectivity index (χ3v) is 3.01. The van der Waals surface area contributed by atoms with Gasteiger partial charge in [-0.15, -0.1) is 0 Å². The zero-order valence-electron chi connectivity index (χ0n) is 5.36. The molecule has 0 bridgehead atoms. The Balaban J connectivity index is 1.96. The summed E-state index contributed by atoms with van der Waals surface area (Å²) < 4.78 is 2.39. The molecule has 1 aliphatic carbocycles. The molecule has 0 atom stereocenters. The van der Waals surface area contributed by atoms with E-state index in [-0.39, 0.29) is 0 Å². The molecule has 2 nitrogen and oxygen atoms in total. The maximum absolute atomic E-state index is 3.55. The van der Waals surface area contributed by atoms with Gasteiger partial charge in [-0.05, 0) is 12.8 Å². The first-order chi connectivity index (χ1) is 4.31. The van der Waals surface area contributed by atoms with Crippen LogP contribution in [0.3, 0.4) is 0 Å². The number of halogens is 1. The van der Waals surface area contributed by atoms with Gasteiger partial charge in [0, 0.05) is 48.0 Å². The van der Waals surface area contributed by atoms with E-state index in [1.54, 1.807) is 0 Å². The SMILES string of the molecule is IN1CCNC2(CC2)C1. The topological polar surface area (TPSA) is 15.3 Å². The molecule has 2 aliphatic rings. The van der Waals surface area contributed by atoms with Gasteiger partial charge in [-0.2, -0.15) is 0 Å². The van der Waals surface area contributed by atoms with Crippen LogP contribution in [0.15, 0.2) is 0 Å². The van der Waals surface area contributed by atoms with Crippen molar-refractivity contribution in [2.45, 2.75) is 18.4 Å². The second-order valence-electron chi connectivity index (χ2n) is 3.05. The van der Waals surface area contributed by atoms with Crippen LogP contribution < -0.4 is 5.32 Å². The van der Waals surface area contributed by atoms with Gasteiger partial charge in [-0.3, -0.25) is 0 Å². The third-order valence-electron chi connectivity index (χ3n) is 2.18. The van der Waals surface area contributed by atoms with E-state index in [0.29, 0.717) is 5.54 Å². The van der Waals surface area contributed by atoms with Crippen LogP contribution >= 0.6 is 22.9 Å². The van der Waals surface area contributed by atoms with Crippen molar-refractivity contribution in [3.8, 4) is 0 Å². The summed E-state index contributed by atoms with van der Waals surface area (Å²) in [7, 11) is 0. The number of piperazine rings is 1. The van der Waals surface area contributed by atoms with Crippen LogP contribution in [0.5, 0.6) is 0 Å². The fourth-order valence-electron chi connectivity index (χ4n) is 1.39. The van der Waals surface area contributed by atoms with Crippen LogP contribution in [0.1, 0.15) is 12.8 Å². The Labute approximate surface area is 69.5 Å². The summed E-state index contributed by atoms with van der Waals surface area (Å²) in [6.45, 7) is 3.65. The second kappa shape index (κ2) is 2.07. The molecule has 1 aliphatic heterocycles. The van der Waals surface area contributed by atoms with Gasteiger partial charge in [0.15, 0.2) is 0 Å². The Hall–Kier alpha value is 0.650. The fourth-order valence-corrected chi connectivity index (χ4v) is 2.29. The van der Waals surface area contributed by atoms with E-state index in [2.05, 4.69) is 31.3 Å². The molecule has 0 amide bonds. The first-order valence-corrected chi connectivity index (χ1v) is 4.43. The molecule has 2 fully saturated rings. The van der Waals surface area contributed by atoms with Crippen LogP contribution in [-0.4, -0.2) is 28.3 Å². The molecule has 52 valence electrons. The van der Waals surface area contributed by atoms with Crippen LogP contribution in [-0.2, 0) is 0 Å². The number of rotatable bonds is 0. The predicted octanol–water partition coefficient (Wildman–Crippen LogP) is 0.774. The Morgan fingerprint density at radius 1 is 1.44 bits per heavy atom. The molecule has 9 heavy (non-hydrogen) atoms. The molecule has 3 heteroatoms. The summed E-state index contributed by atoms with van der Waals surface area (Å²) in [5, 5.41) is 3.55. The van der Waals surface area contributed by atoms with Crippen molar-refractivity contribution in [3.63, 3.8) is 0 Å². The van der Waals surface area contributed by atoms with E-state index in [4.69, 9.17) is 0 Å². The van der Waals surface area contributed by atoms with Crippen LogP contribution in [0.25, 0.3) is 0 Å². The fraction of sp³-hybridized carbons (Fsp3) is 1.00. The summed E-state index contributed by atoms with van der Waals surface area (Å²) >= 11 is 2.42. The molecule has 1 saturated carbocycles. The van der Waals surface area contributed by atoms with Crippen molar-refractivity contribution in [3.05, 3.63) is 0 Å². The van der Waals surface area contributed by atoms with Crippen LogP contribution in [0.2, 0.25) is 0 Å². The van der Waals surface area contributed by atoms with Gasteiger partial charge in [-0.1, -0.05) is 0 Å². The molecular formula is C6H11IN2. The highest BCUT2D eigenvalue weighted by Crippen LogP contribution is 2.38. The van der Waals surface area contributed by atoms with E-state index >= 15 is 0 Å². The molecule has 1 N–H and O–H groups in total. The number of hydrogen-bond acceptors (Lipinski definition) is 2. The molecule has 0 aromatic carbocycles. The van der Waals surface area contributed by atoms with Gasteiger partial charge in [0.1, 0.15) is 0 Å². The monoisotopic (exact) mass is 238 g/mol. The molecule has 0 aromatic heterocycles. The summed E-state index contributed by atoms with van der Waals surface area (Å²) in [6, 6.07) is 0. The number of nitrogens with one attached hydrogen (secondary N) is 1. The summed E-state index contributed by atoms with van der Waals surface area (Å²) in [4.78, 5) is 0. The Kier molecular flexibility index (Phi) is 1.46. The zero-order valence-corrected chi connectivity index (χ0v) is 7.52. The molecule has 2 rings (SSSR count). The van der Waals surface area contributed by atoms with Gasteiger partial charge in [0.05, 0.1) is 0 Å². The minimum Gasteiger partial charge on any atom is -0.309 e. The highest BCUT2D eigenvalue weighted by molar-refractivity contribution is 14.1. The first kappa shape index (κ1) is 6.37. The standard InChI is InChI=1S/C6H11IN2/c7-9-4-3-8-6(5-9)1-2-6/h8H,1-5H2. The molecule has 1 heterocycles. The second-order valence-corrected chi connectivity index (χ2v) is 4.42. The number of hydrogen-bond donors (Lipinski definition) is 1. The van der Waals surface area contributed by atoms with Gasteiger partial charge >= 0.3 is 0 Å². The lowest BCUT2D eigenvalue weighted by molar-refractivity contribution is 0.325. The Morgan fingerprint density at radius 3 is 2.67 bits per heavy atom. The van der Waals surface area contributed by atoms with Crippen LogP contribution in [0.4, 0.5) is 0 Å². The van der Waals surface area contributed by atoms with E-state index < -0.39 is 0 Å². The number of nitrogens with zero attached hydrogens (tertiary/aromatic N) is 1. The lowest BCUT2D eigenvalue weighted by Gasteiger charge is -2.29. The van der Waals surface area contributed by atoms with Gasteiger partial charge in [0.2, 0.25) is 0 Å². The van der Waals surface area contributed by atoms with Gasteiger partial charge in [0.25, 0.3) is 0 Å². The molecule has 1 spiro atoms. The largest absolute Gasteiger partial charge is 0.309 e. The lowest BCUT2D eigenvalue weighted by Crippen LogP contribution is -2.48. The molecule has 0 aromatic rings.